The Balaban J connectivity index is 1.46. The minimum absolute atomic E-state index is 0.142. The maximum atomic E-state index is 9.37. The monoisotopic (exact) mass is 564 g/mol. The number of aromatic nitrogens is 4. The van der Waals surface area contributed by atoms with E-state index in [1.165, 1.54) is 31.2 Å². The second kappa shape index (κ2) is 10.7. The molecule has 0 unspecified atom stereocenters. The predicted molar refractivity (Wildman–Crippen MR) is 167 cm³/mol. The average Bonchev–Trinajstić information content (AvgIpc) is 3.73. The van der Waals surface area contributed by atoms with Crippen molar-refractivity contribution >= 4 is 31.0 Å². The van der Waals surface area contributed by atoms with Gasteiger partial charge in [0, 0.05) is 6.20 Å². The van der Waals surface area contributed by atoms with E-state index in [-0.39, 0.29) is 17.2 Å². The summed E-state index contributed by atoms with van der Waals surface area (Å²) in [6, 6.07) is 18.6. The zero-order valence-corrected chi connectivity index (χ0v) is 25.8. The lowest BCUT2D eigenvalue weighted by Crippen LogP contribution is -2.47. The molecule has 2 atom stereocenters. The Morgan fingerprint density at radius 2 is 1.76 bits per heavy atom. The zero-order chi connectivity index (χ0) is 28.8. The van der Waals surface area contributed by atoms with Crippen LogP contribution in [-0.4, -0.2) is 33.9 Å². The van der Waals surface area contributed by atoms with E-state index in [2.05, 4.69) is 91.2 Å². The number of nitrogens with zero attached hydrogens (tertiary/aromatic N) is 5. The van der Waals surface area contributed by atoms with Gasteiger partial charge in [0.1, 0.15) is 17.3 Å². The van der Waals surface area contributed by atoms with Crippen molar-refractivity contribution in [1.29, 1.82) is 5.26 Å². The van der Waals surface area contributed by atoms with E-state index in [1.54, 1.807) is 18.3 Å². The standard InChI is InChI=1S/C33H40N6OSi/c1-33(2,3)41(4,5)40-29-13-9-8-12-28(29)39-27-11-7-6-10-25(27)37-32(39)26-19-24(23-14-15-23)20-31(36-26)38-30-18-22(21-34)16-17-35-30/h6-7,10-11,16-20,23,28-29H,8-9,12-15H2,1-5H3,(H,35,36,38)/t28-,29-/m1/s1. The summed E-state index contributed by atoms with van der Waals surface area (Å²) in [6.45, 7) is 11.7. The van der Waals surface area contributed by atoms with E-state index < -0.39 is 8.32 Å². The number of nitriles is 1. The second-order valence-electron chi connectivity index (χ2n) is 13.2. The van der Waals surface area contributed by atoms with Crippen molar-refractivity contribution in [2.24, 2.45) is 0 Å². The Morgan fingerprint density at radius 3 is 2.51 bits per heavy atom. The summed E-state index contributed by atoms with van der Waals surface area (Å²) < 4.78 is 9.57. The summed E-state index contributed by atoms with van der Waals surface area (Å²) in [4.78, 5) is 14.7. The molecule has 0 radical (unpaired) electrons. The van der Waals surface area contributed by atoms with Crippen LogP contribution in [0.5, 0.6) is 0 Å². The summed E-state index contributed by atoms with van der Waals surface area (Å²) in [5.74, 6) is 2.77. The zero-order valence-electron chi connectivity index (χ0n) is 24.8. The molecule has 7 nitrogen and oxygen atoms in total. The molecule has 2 aliphatic rings. The van der Waals surface area contributed by atoms with Crippen molar-refractivity contribution < 1.29 is 4.43 Å². The second-order valence-corrected chi connectivity index (χ2v) is 17.9. The highest BCUT2D eigenvalue weighted by molar-refractivity contribution is 6.74. The highest BCUT2D eigenvalue weighted by Crippen LogP contribution is 2.45. The minimum atomic E-state index is -1.98. The Kier molecular flexibility index (Phi) is 7.21. The molecule has 212 valence electrons. The van der Waals surface area contributed by atoms with Crippen LogP contribution in [0.1, 0.15) is 82.4 Å². The normalized spacial score (nSPS) is 19.7. The van der Waals surface area contributed by atoms with Gasteiger partial charge >= 0.3 is 0 Å². The van der Waals surface area contributed by atoms with E-state index in [1.807, 2.05) is 0 Å². The summed E-state index contributed by atoms with van der Waals surface area (Å²) in [5, 5.41) is 12.9. The highest BCUT2D eigenvalue weighted by Gasteiger charge is 2.42. The quantitative estimate of drug-likeness (QED) is 0.226. The first kappa shape index (κ1) is 27.6. The van der Waals surface area contributed by atoms with Gasteiger partial charge in [-0.1, -0.05) is 45.7 Å². The molecule has 2 saturated carbocycles. The molecule has 0 saturated heterocycles. The van der Waals surface area contributed by atoms with Gasteiger partial charge < -0.3 is 14.3 Å². The maximum absolute atomic E-state index is 9.37. The van der Waals surface area contributed by atoms with Gasteiger partial charge in [-0.15, -0.1) is 0 Å². The number of anilines is 2. The predicted octanol–water partition coefficient (Wildman–Crippen LogP) is 8.49. The van der Waals surface area contributed by atoms with Crippen LogP contribution in [0.3, 0.4) is 0 Å². The number of imidazole rings is 1. The fourth-order valence-corrected chi connectivity index (χ4v) is 7.09. The van der Waals surface area contributed by atoms with Gasteiger partial charge in [-0.3, -0.25) is 0 Å². The number of hydrogen-bond donors (Lipinski definition) is 1. The third-order valence-corrected chi connectivity index (χ3v) is 13.6. The fourth-order valence-electron chi connectivity index (χ4n) is 5.71. The molecule has 6 rings (SSSR count). The van der Waals surface area contributed by atoms with Crippen molar-refractivity contribution in [2.75, 3.05) is 5.32 Å². The van der Waals surface area contributed by atoms with Gasteiger partial charge in [-0.05, 0) is 91.7 Å². The molecule has 2 aliphatic carbocycles. The Labute approximate surface area is 244 Å². The van der Waals surface area contributed by atoms with E-state index in [4.69, 9.17) is 14.4 Å². The summed E-state index contributed by atoms with van der Waals surface area (Å²) in [5.41, 5.74) is 4.81. The molecule has 3 aromatic heterocycles. The molecule has 0 aliphatic heterocycles. The van der Waals surface area contributed by atoms with E-state index >= 15 is 0 Å². The van der Waals surface area contributed by atoms with Gasteiger partial charge in [0.15, 0.2) is 14.1 Å². The summed E-state index contributed by atoms with van der Waals surface area (Å²) in [7, 11) is -1.98. The van der Waals surface area contributed by atoms with Crippen molar-refractivity contribution in [3.63, 3.8) is 0 Å². The number of pyridine rings is 2. The largest absolute Gasteiger partial charge is 0.412 e. The molecule has 0 spiro atoms. The van der Waals surface area contributed by atoms with Gasteiger partial charge in [-0.25, -0.2) is 15.0 Å². The van der Waals surface area contributed by atoms with Gasteiger partial charge in [0.25, 0.3) is 0 Å². The van der Waals surface area contributed by atoms with E-state index in [0.717, 1.165) is 41.2 Å². The topological polar surface area (TPSA) is 88.6 Å². The molecular formula is C33H40N6OSi. The van der Waals surface area contributed by atoms with Crippen molar-refractivity contribution in [1.82, 2.24) is 19.5 Å². The number of fused-ring (bicyclic) bond motifs is 1. The van der Waals surface area contributed by atoms with Crippen LogP contribution in [0.15, 0.2) is 54.7 Å². The van der Waals surface area contributed by atoms with Gasteiger partial charge in [0.2, 0.25) is 0 Å². The molecule has 1 aromatic carbocycles. The van der Waals surface area contributed by atoms with Crippen LogP contribution in [0.4, 0.5) is 11.6 Å². The molecule has 1 N–H and O–H groups in total. The van der Waals surface area contributed by atoms with Crippen LogP contribution in [-0.2, 0) is 4.43 Å². The lowest BCUT2D eigenvalue weighted by atomic mass is 9.92. The SMILES string of the molecule is CC(C)(C)[Si](C)(C)O[C@@H]1CCCC[C@H]1n1c(-c2cc(C3CC3)cc(Nc3cc(C#N)ccn3)n2)nc2ccccc21. The molecule has 41 heavy (non-hydrogen) atoms. The fraction of sp³-hybridized carbons (Fsp3) is 0.455. The Hall–Kier alpha value is -3.54. The van der Waals surface area contributed by atoms with Crippen LogP contribution in [0.2, 0.25) is 18.1 Å². The molecule has 0 amide bonds. The summed E-state index contributed by atoms with van der Waals surface area (Å²) >= 11 is 0. The van der Waals surface area contributed by atoms with Crippen LogP contribution in [0, 0.1) is 11.3 Å². The molecule has 4 aromatic rings. The molecule has 0 bridgehead atoms. The van der Waals surface area contributed by atoms with Gasteiger partial charge in [0.05, 0.1) is 34.8 Å². The van der Waals surface area contributed by atoms with E-state index in [0.29, 0.717) is 17.3 Å². The van der Waals surface area contributed by atoms with Gasteiger partial charge in [-0.2, -0.15) is 5.26 Å². The molecule has 3 heterocycles. The van der Waals surface area contributed by atoms with Crippen LogP contribution < -0.4 is 5.32 Å². The number of para-hydroxylation sites is 2. The lowest BCUT2D eigenvalue weighted by Gasteiger charge is -2.43. The first-order valence-corrected chi connectivity index (χ1v) is 17.8. The third kappa shape index (κ3) is 5.66. The Bertz CT molecular complexity index is 1610. The van der Waals surface area contributed by atoms with E-state index in [9.17, 15) is 5.26 Å². The molecule has 2 fully saturated rings. The lowest BCUT2D eigenvalue weighted by molar-refractivity contribution is 0.0869. The molecular weight excluding hydrogens is 524 g/mol. The van der Waals surface area contributed by atoms with Crippen LogP contribution >= 0.6 is 0 Å². The first-order valence-electron chi connectivity index (χ1n) is 14.9. The number of benzene rings is 1. The molecule has 8 heteroatoms. The Morgan fingerprint density at radius 1 is 0.976 bits per heavy atom. The van der Waals surface area contributed by atoms with Crippen molar-refractivity contribution in [3.8, 4) is 17.6 Å². The van der Waals surface area contributed by atoms with Crippen LogP contribution in [0.25, 0.3) is 22.6 Å². The third-order valence-electron chi connectivity index (χ3n) is 9.12. The highest BCUT2D eigenvalue weighted by atomic mass is 28.4. The average molecular weight is 565 g/mol. The number of rotatable bonds is 7. The smallest absolute Gasteiger partial charge is 0.192 e. The maximum Gasteiger partial charge on any atom is 0.192 e. The van der Waals surface area contributed by atoms with Crippen molar-refractivity contribution in [3.05, 3.63) is 65.9 Å². The summed E-state index contributed by atoms with van der Waals surface area (Å²) in [6.07, 6.45) is 8.66. The number of nitrogens with one attached hydrogen (secondary N) is 1. The number of hydrogen-bond acceptors (Lipinski definition) is 6. The van der Waals surface area contributed by atoms with Crippen molar-refractivity contribution in [2.45, 2.75) is 95.5 Å². The first-order chi connectivity index (χ1) is 19.6. The minimum Gasteiger partial charge on any atom is -0.412 e.